The van der Waals surface area contributed by atoms with E-state index in [2.05, 4.69) is 15.7 Å². The minimum atomic E-state index is -1.21. The Morgan fingerprint density at radius 3 is 2.68 bits per heavy atom. The number of urea groups is 1. The number of carbonyl (C=O) groups excluding carboxylic acids is 4. The Kier molecular flexibility index (Phi) is 7.29. The quantitative estimate of drug-likeness (QED) is 0.333. The lowest BCUT2D eigenvalue weighted by molar-refractivity contribution is -0.142. The Bertz CT molecular complexity index is 981. The van der Waals surface area contributed by atoms with Crippen LogP contribution in [0.4, 0.5) is 4.79 Å². The summed E-state index contributed by atoms with van der Waals surface area (Å²) in [6.07, 6.45) is 0.406. The number of amides is 4. The molecule has 11 heteroatoms. The van der Waals surface area contributed by atoms with Crippen LogP contribution in [0.5, 0.6) is 0 Å². The van der Waals surface area contributed by atoms with Gasteiger partial charge in [-0.2, -0.15) is 5.01 Å². The van der Waals surface area contributed by atoms with E-state index in [1.165, 1.54) is 11.3 Å². The number of nitrogens with zero attached hydrogens (tertiary/aromatic N) is 2. The second-order valence-electron chi connectivity index (χ2n) is 6.61. The summed E-state index contributed by atoms with van der Waals surface area (Å²) < 4.78 is 5.48. The van der Waals surface area contributed by atoms with Gasteiger partial charge < -0.3 is 10.1 Å². The van der Waals surface area contributed by atoms with Crippen LogP contribution in [0.15, 0.2) is 40.1 Å². The van der Waals surface area contributed by atoms with Gasteiger partial charge in [0.25, 0.3) is 5.91 Å². The minimum absolute atomic E-state index is 0.0477. The molecule has 1 aromatic heterocycles. The maximum Gasteiger partial charge on any atom is 0.344 e. The molecule has 0 aliphatic carbocycles. The fraction of sp³-hybridized carbons (Fsp3) is 0.350. The van der Waals surface area contributed by atoms with Gasteiger partial charge in [-0.1, -0.05) is 49.0 Å². The number of aromatic nitrogens is 1. The third-order valence-electron chi connectivity index (χ3n) is 4.61. The SMILES string of the molecule is CCOC(=O)Cc1csc(SCC(=O)NN2C(=O)N[C@@](CC)(c3ccccc3)C2=O)n1. The molecule has 1 saturated heterocycles. The van der Waals surface area contributed by atoms with Gasteiger partial charge in [0.05, 0.1) is 24.5 Å². The molecule has 164 valence electrons. The van der Waals surface area contributed by atoms with Gasteiger partial charge in [-0.05, 0) is 18.9 Å². The fourth-order valence-corrected chi connectivity index (χ4v) is 4.76. The first kappa shape index (κ1) is 22.8. The number of imide groups is 1. The molecule has 0 radical (unpaired) electrons. The highest BCUT2D eigenvalue weighted by atomic mass is 32.2. The number of esters is 1. The standard InChI is InChI=1S/C20H22N4O5S2/c1-3-20(13-8-6-5-7-9-13)17(27)24(18(28)22-20)23-15(25)12-31-19-21-14(11-30-19)10-16(26)29-4-2/h5-9,11H,3-4,10,12H2,1-2H3,(H,22,28)(H,23,25)/t20-/m0/s1. The number of rotatable bonds is 9. The maximum absolute atomic E-state index is 13.0. The molecule has 0 bridgehead atoms. The molecule has 9 nitrogen and oxygen atoms in total. The first-order chi connectivity index (χ1) is 14.9. The molecule has 0 spiro atoms. The average Bonchev–Trinajstić information content (AvgIpc) is 3.30. The lowest BCUT2D eigenvalue weighted by atomic mass is 9.87. The third kappa shape index (κ3) is 5.05. The first-order valence-electron chi connectivity index (χ1n) is 9.64. The summed E-state index contributed by atoms with van der Waals surface area (Å²) in [6.45, 7) is 3.83. The van der Waals surface area contributed by atoms with Crippen molar-refractivity contribution in [2.24, 2.45) is 0 Å². The lowest BCUT2D eigenvalue weighted by Gasteiger charge is -2.25. The zero-order chi connectivity index (χ0) is 22.4. The molecule has 1 fully saturated rings. The van der Waals surface area contributed by atoms with Gasteiger partial charge in [-0.25, -0.2) is 9.78 Å². The Morgan fingerprint density at radius 2 is 2.00 bits per heavy atom. The van der Waals surface area contributed by atoms with Crippen LogP contribution in [0.3, 0.4) is 0 Å². The largest absolute Gasteiger partial charge is 0.466 e. The van der Waals surface area contributed by atoms with Crippen LogP contribution >= 0.6 is 23.1 Å². The maximum atomic E-state index is 13.0. The second kappa shape index (κ2) is 9.92. The van der Waals surface area contributed by atoms with Gasteiger partial charge in [0, 0.05) is 5.38 Å². The lowest BCUT2D eigenvalue weighted by Crippen LogP contribution is -2.49. The topological polar surface area (TPSA) is 118 Å². The van der Waals surface area contributed by atoms with Crippen molar-refractivity contribution in [3.05, 3.63) is 47.0 Å². The average molecular weight is 463 g/mol. The first-order valence-corrected chi connectivity index (χ1v) is 11.5. The van der Waals surface area contributed by atoms with Crippen LogP contribution in [0.2, 0.25) is 0 Å². The predicted molar refractivity (Wildman–Crippen MR) is 115 cm³/mol. The molecule has 2 heterocycles. The Hall–Kier alpha value is -2.92. The van der Waals surface area contributed by atoms with E-state index in [0.29, 0.717) is 28.6 Å². The molecule has 2 N–H and O–H groups in total. The van der Waals surface area contributed by atoms with Gasteiger partial charge in [-0.15, -0.1) is 11.3 Å². The smallest absolute Gasteiger partial charge is 0.344 e. The van der Waals surface area contributed by atoms with Gasteiger partial charge in [-0.3, -0.25) is 19.8 Å². The van der Waals surface area contributed by atoms with E-state index in [1.807, 2.05) is 6.07 Å². The summed E-state index contributed by atoms with van der Waals surface area (Å²) in [6, 6.07) is 8.24. The Balaban J connectivity index is 1.58. The monoisotopic (exact) mass is 462 g/mol. The summed E-state index contributed by atoms with van der Waals surface area (Å²) in [7, 11) is 0. The van der Waals surface area contributed by atoms with E-state index < -0.39 is 23.4 Å². The van der Waals surface area contributed by atoms with Crippen molar-refractivity contribution in [3.8, 4) is 0 Å². The van der Waals surface area contributed by atoms with Crippen molar-refractivity contribution in [1.82, 2.24) is 20.7 Å². The highest BCUT2D eigenvalue weighted by Crippen LogP contribution is 2.31. The molecule has 1 aliphatic rings. The van der Waals surface area contributed by atoms with Crippen LogP contribution in [0.25, 0.3) is 0 Å². The number of thioether (sulfide) groups is 1. The summed E-state index contributed by atoms with van der Waals surface area (Å²) in [5.41, 5.74) is 2.38. The molecule has 1 atom stereocenters. The molecule has 1 aromatic carbocycles. The number of hydrogen-bond donors (Lipinski definition) is 2. The highest BCUT2D eigenvalue weighted by molar-refractivity contribution is 8.01. The Morgan fingerprint density at radius 1 is 1.26 bits per heavy atom. The summed E-state index contributed by atoms with van der Waals surface area (Å²) in [5, 5.41) is 5.16. The van der Waals surface area contributed by atoms with Crippen molar-refractivity contribution in [2.75, 3.05) is 12.4 Å². The zero-order valence-electron chi connectivity index (χ0n) is 17.0. The van der Waals surface area contributed by atoms with Crippen molar-refractivity contribution < 1.29 is 23.9 Å². The van der Waals surface area contributed by atoms with Crippen LogP contribution in [-0.4, -0.2) is 46.2 Å². The van der Waals surface area contributed by atoms with Crippen LogP contribution < -0.4 is 10.7 Å². The molecular weight excluding hydrogens is 440 g/mol. The van der Waals surface area contributed by atoms with Gasteiger partial charge in [0.15, 0.2) is 4.34 Å². The van der Waals surface area contributed by atoms with Gasteiger partial charge in [0.2, 0.25) is 5.91 Å². The molecule has 2 aromatic rings. The van der Waals surface area contributed by atoms with E-state index in [1.54, 1.807) is 43.5 Å². The molecule has 4 amide bonds. The van der Waals surface area contributed by atoms with Crippen molar-refractivity contribution >= 4 is 46.9 Å². The highest BCUT2D eigenvalue weighted by Gasteiger charge is 2.52. The van der Waals surface area contributed by atoms with Crippen molar-refractivity contribution in [2.45, 2.75) is 36.6 Å². The Labute approximate surface area is 187 Å². The number of hydrogen-bond acceptors (Lipinski definition) is 8. The minimum Gasteiger partial charge on any atom is -0.466 e. The normalized spacial score (nSPS) is 18.1. The number of nitrogens with one attached hydrogen (secondary N) is 2. The van der Waals surface area contributed by atoms with Gasteiger partial charge >= 0.3 is 12.0 Å². The summed E-state index contributed by atoms with van der Waals surface area (Å²) in [4.78, 5) is 53.6. The van der Waals surface area contributed by atoms with Crippen molar-refractivity contribution in [3.63, 3.8) is 0 Å². The number of thiazole rings is 1. The van der Waals surface area contributed by atoms with E-state index >= 15 is 0 Å². The molecule has 0 saturated carbocycles. The fourth-order valence-electron chi connectivity index (χ4n) is 3.12. The number of carbonyl (C=O) groups is 4. The van der Waals surface area contributed by atoms with E-state index in [4.69, 9.17) is 4.74 Å². The van der Waals surface area contributed by atoms with Gasteiger partial charge in [0.1, 0.15) is 5.54 Å². The van der Waals surface area contributed by atoms with Crippen LogP contribution in [0.1, 0.15) is 31.5 Å². The number of ether oxygens (including phenoxy) is 1. The third-order valence-corrected chi connectivity index (χ3v) is 6.68. The molecule has 1 aliphatic heterocycles. The summed E-state index contributed by atoms with van der Waals surface area (Å²) >= 11 is 2.45. The molecule has 3 rings (SSSR count). The second-order valence-corrected chi connectivity index (χ2v) is 8.69. The molecule has 31 heavy (non-hydrogen) atoms. The van der Waals surface area contributed by atoms with Crippen molar-refractivity contribution in [1.29, 1.82) is 0 Å². The number of benzene rings is 1. The molecular formula is C20H22N4O5S2. The predicted octanol–water partition coefficient (Wildman–Crippen LogP) is 2.23. The number of hydrazine groups is 1. The summed E-state index contributed by atoms with van der Waals surface area (Å²) in [5.74, 6) is -1.46. The zero-order valence-corrected chi connectivity index (χ0v) is 18.7. The van der Waals surface area contributed by atoms with E-state index in [9.17, 15) is 19.2 Å². The molecule has 0 unspecified atom stereocenters. The van der Waals surface area contributed by atoms with E-state index in [0.717, 1.165) is 16.8 Å². The van der Waals surface area contributed by atoms with E-state index in [-0.39, 0.29) is 18.1 Å². The van der Waals surface area contributed by atoms with Crippen LogP contribution in [0, 0.1) is 0 Å². The van der Waals surface area contributed by atoms with Crippen LogP contribution in [-0.2, 0) is 31.1 Å².